The van der Waals surface area contributed by atoms with Gasteiger partial charge in [0.05, 0.1) is 0 Å². The second-order valence-electron chi connectivity index (χ2n) is 5.15. The van der Waals surface area contributed by atoms with Crippen LogP contribution in [0.3, 0.4) is 0 Å². The molecule has 2 aromatic carbocycles. The molecule has 0 spiro atoms. The highest BCUT2D eigenvalue weighted by Crippen LogP contribution is 2.32. The molecule has 0 atom stereocenters. The number of rotatable bonds is 4. The van der Waals surface area contributed by atoms with Crippen molar-refractivity contribution in [3.63, 3.8) is 0 Å². The molecule has 4 nitrogen and oxygen atoms in total. The second-order valence-corrected chi connectivity index (χ2v) is 5.56. The highest BCUT2D eigenvalue weighted by atomic mass is 35.5. The predicted octanol–water partition coefficient (Wildman–Crippen LogP) is 3.95. The summed E-state index contributed by atoms with van der Waals surface area (Å²) in [5.41, 5.74) is 2.67. The van der Waals surface area contributed by atoms with Crippen molar-refractivity contribution < 1.29 is 14.3 Å². The Morgan fingerprint density at radius 1 is 1.23 bits per heavy atom. The first kappa shape index (κ1) is 14.7. The minimum atomic E-state index is -0.0389. The van der Waals surface area contributed by atoms with Crippen molar-refractivity contribution in [1.82, 2.24) is 0 Å². The van der Waals surface area contributed by atoms with Crippen LogP contribution in [0.4, 0.5) is 5.69 Å². The molecule has 1 aliphatic rings. The molecule has 22 heavy (non-hydrogen) atoms. The minimum absolute atomic E-state index is 0.0389. The maximum absolute atomic E-state index is 12.1. The van der Waals surface area contributed by atoms with Crippen LogP contribution >= 0.6 is 11.6 Å². The SMILES string of the molecule is Cc1c(Cl)cccc1NC(=O)CCc1ccc2c(c1)OCO2. The normalized spacial score (nSPS) is 12.3. The Labute approximate surface area is 134 Å². The summed E-state index contributed by atoms with van der Waals surface area (Å²) in [6.07, 6.45) is 1.04. The van der Waals surface area contributed by atoms with Crippen LogP contribution in [0.25, 0.3) is 0 Å². The quantitative estimate of drug-likeness (QED) is 0.929. The van der Waals surface area contributed by atoms with Crippen molar-refractivity contribution in [3.8, 4) is 11.5 Å². The number of anilines is 1. The number of ether oxygens (including phenoxy) is 2. The number of nitrogens with one attached hydrogen (secondary N) is 1. The Hall–Kier alpha value is -2.20. The maximum Gasteiger partial charge on any atom is 0.231 e. The molecule has 0 bridgehead atoms. The summed E-state index contributed by atoms with van der Waals surface area (Å²) in [6.45, 7) is 2.14. The van der Waals surface area contributed by atoms with E-state index >= 15 is 0 Å². The molecule has 1 amide bonds. The van der Waals surface area contributed by atoms with Crippen LogP contribution in [-0.4, -0.2) is 12.7 Å². The van der Waals surface area contributed by atoms with Gasteiger partial charge in [0.1, 0.15) is 0 Å². The Balaban J connectivity index is 1.59. The Morgan fingerprint density at radius 3 is 2.91 bits per heavy atom. The highest BCUT2D eigenvalue weighted by Gasteiger charge is 2.14. The fraction of sp³-hybridized carbons (Fsp3) is 0.235. The molecule has 114 valence electrons. The van der Waals surface area contributed by atoms with Crippen LogP contribution in [0.2, 0.25) is 5.02 Å². The molecule has 1 heterocycles. The lowest BCUT2D eigenvalue weighted by molar-refractivity contribution is -0.116. The zero-order valence-electron chi connectivity index (χ0n) is 12.2. The molecule has 0 saturated carbocycles. The zero-order chi connectivity index (χ0) is 15.5. The average Bonchev–Trinajstić information content (AvgIpc) is 2.97. The van der Waals surface area contributed by atoms with Crippen molar-refractivity contribution in [2.75, 3.05) is 12.1 Å². The third-order valence-corrected chi connectivity index (χ3v) is 4.03. The molecule has 0 aromatic heterocycles. The minimum Gasteiger partial charge on any atom is -0.454 e. The summed E-state index contributed by atoms with van der Waals surface area (Å²) in [5.74, 6) is 1.45. The predicted molar refractivity (Wildman–Crippen MR) is 85.7 cm³/mol. The standard InChI is InChI=1S/C17H16ClNO3/c1-11-13(18)3-2-4-14(11)19-17(20)8-6-12-5-7-15-16(9-12)22-10-21-15/h2-5,7,9H,6,8,10H2,1H3,(H,19,20). The van der Waals surface area contributed by atoms with Gasteiger partial charge in [-0.1, -0.05) is 23.7 Å². The van der Waals surface area contributed by atoms with Gasteiger partial charge in [0.2, 0.25) is 12.7 Å². The van der Waals surface area contributed by atoms with Crippen LogP contribution in [0.1, 0.15) is 17.5 Å². The van der Waals surface area contributed by atoms with E-state index in [1.165, 1.54) is 0 Å². The summed E-state index contributed by atoms with van der Waals surface area (Å²) in [7, 11) is 0. The Morgan fingerprint density at radius 2 is 2.05 bits per heavy atom. The largest absolute Gasteiger partial charge is 0.454 e. The van der Waals surface area contributed by atoms with Gasteiger partial charge in [-0.25, -0.2) is 0 Å². The summed E-state index contributed by atoms with van der Waals surface area (Å²) in [5, 5.41) is 3.54. The van der Waals surface area contributed by atoms with Crippen molar-refractivity contribution in [2.24, 2.45) is 0 Å². The van der Waals surface area contributed by atoms with E-state index in [0.29, 0.717) is 17.9 Å². The van der Waals surface area contributed by atoms with Gasteiger partial charge in [0, 0.05) is 17.1 Å². The monoisotopic (exact) mass is 317 g/mol. The Kier molecular flexibility index (Phi) is 4.20. The van der Waals surface area contributed by atoms with E-state index in [0.717, 1.165) is 28.3 Å². The topological polar surface area (TPSA) is 47.6 Å². The highest BCUT2D eigenvalue weighted by molar-refractivity contribution is 6.31. The number of benzene rings is 2. The molecule has 0 radical (unpaired) electrons. The van der Waals surface area contributed by atoms with Crippen molar-refractivity contribution in [1.29, 1.82) is 0 Å². The summed E-state index contributed by atoms with van der Waals surface area (Å²) >= 11 is 6.05. The van der Waals surface area contributed by atoms with Gasteiger partial charge in [-0.05, 0) is 48.7 Å². The third-order valence-electron chi connectivity index (χ3n) is 3.62. The molecule has 3 rings (SSSR count). The number of amides is 1. The van der Waals surface area contributed by atoms with E-state index < -0.39 is 0 Å². The van der Waals surface area contributed by atoms with E-state index in [9.17, 15) is 4.79 Å². The summed E-state index contributed by atoms with van der Waals surface area (Å²) in [4.78, 5) is 12.1. The van der Waals surface area contributed by atoms with Gasteiger partial charge in [0.15, 0.2) is 11.5 Å². The first-order valence-electron chi connectivity index (χ1n) is 7.07. The molecule has 0 saturated heterocycles. The number of carbonyl (C=O) groups is 1. The molecule has 0 unspecified atom stereocenters. The van der Waals surface area contributed by atoms with E-state index in [2.05, 4.69) is 5.32 Å². The van der Waals surface area contributed by atoms with Crippen molar-refractivity contribution >= 4 is 23.2 Å². The zero-order valence-corrected chi connectivity index (χ0v) is 12.9. The lowest BCUT2D eigenvalue weighted by Gasteiger charge is -2.09. The van der Waals surface area contributed by atoms with Crippen molar-refractivity contribution in [3.05, 3.63) is 52.5 Å². The summed E-state index contributed by atoms with van der Waals surface area (Å²) < 4.78 is 10.6. The molecular weight excluding hydrogens is 302 g/mol. The Bertz CT molecular complexity index is 715. The number of fused-ring (bicyclic) bond motifs is 1. The molecule has 0 aliphatic carbocycles. The number of hydrogen-bond donors (Lipinski definition) is 1. The molecule has 5 heteroatoms. The molecular formula is C17H16ClNO3. The average molecular weight is 318 g/mol. The van der Waals surface area contributed by atoms with Gasteiger partial charge in [-0.3, -0.25) is 4.79 Å². The van der Waals surface area contributed by atoms with Crippen LogP contribution in [0, 0.1) is 6.92 Å². The van der Waals surface area contributed by atoms with Crippen LogP contribution < -0.4 is 14.8 Å². The molecule has 2 aromatic rings. The molecule has 1 aliphatic heterocycles. The van der Waals surface area contributed by atoms with Gasteiger partial charge < -0.3 is 14.8 Å². The lowest BCUT2D eigenvalue weighted by atomic mass is 10.1. The van der Waals surface area contributed by atoms with Crippen molar-refractivity contribution in [2.45, 2.75) is 19.8 Å². The third kappa shape index (κ3) is 3.17. The first-order valence-corrected chi connectivity index (χ1v) is 7.45. The van der Waals surface area contributed by atoms with Gasteiger partial charge >= 0.3 is 0 Å². The van der Waals surface area contributed by atoms with E-state index in [1.54, 1.807) is 6.07 Å². The maximum atomic E-state index is 12.1. The van der Waals surface area contributed by atoms with Gasteiger partial charge in [-0.2, -0.15) is 0 Å². The smallest absolute Gasteiger partial charge is 0.231 e. The van der Waals surface area contributed by atoms with E-state index in [4.69, 9.17) is 21.1 Å². The van der Waals surface area contributed by atoms with E-state index in [-0.39, 0.29) is 12.7 Å². The fourth-order valence-electron chi connectivity index (χ4n) is 2.31. The summed E-state index contributed by atoms with van der Waals surface area (Å²) in [6, 6.07) is 11.2. The fourth-order valence-corrected chi connectivity index (χ4v) is 2.48. The number of hydrogen-bond acceptors (Lipinski definition) is 3. The number of carbonyl (C=O) groups excluding carboxylic acids is 1. The van der Waals surface area contributed by atoms with Crippen LogP contribution in [0.5, 0.6) is 11.5 Å². The number of halogens is 1. The van der Waals surface area contributed by atoms with Crippen LogP contribution in [0.15, 0.2) is 36.4 Å². The van der Waals surface area contributed by atoms with Crippen LogP contribution in [-0.2, 0) is 11.2 Å². The first-order chi connectivity index (χ1) is 10.6. The van der Waals surface area contributed by atoms with E-state index in [1.807, 2.05) is 37.3 Å². The van der Waals surface area contributed by atoms with Gasteiger partial charge in [-0.15, -0.1) is 0 Å². The molecule has 0 fully saturated rings. The lowest BCUT2D eigenvalue weighted by Crippen LogP contribution is -2.13. The number of aryl methyl sites for hydroxylation is 1. The molecule has 1 N–H and O–H groups in total. The van der Waals surface area contributed by atoms with Gasteiger partial charge in [0.25, 0.3) is 0 Å². The second kappa shape index (κ2) is 6.28.